The van der Waals surface area contributed by atoms with E-state index in [0.717, 1.165) is 21.9 Å². The van der Waals surface area contributed by atoms with E-state index in [1.54, 1.807) is 22.8 Å². The van der Waals surface area contributed by atoms with Crippen LogP contribution in [-0.4, -0.2) is 28.5 Å². The Kier molecular flexibility index (Phi) is 4.04. The fourth-order valence-corrected chi connectivity index (χ4v) is 3.08. The number of aromatic nitrogens is 1. The summed E-state index contributed by atoms with van der Waals surface area (Å²) in [5, 5.41) is 2.53. The number of likely N-dealkylation sites (N-methyl/N-ethyl adjacent to an activating group) is 1. The summed E-state index contributed by atoms with van der Waals surface area (Å²) in [6, 6.07) is 6.25. The summed E-state index contributed by atoms with van der Waals surface area (Å²) in [5.41, 5.74) is 2.98. The van der Waals surface area contributed by atoms with Crippen LogP contribution in [0.2, 0.25) is 0 Å². The molecular weight excluding hydrogens is 377 g/mol. The van der Waals surface area contributed by atoms with Gasteiger partial charge in [-0.2, -0.15) is 0 Å². The molecule has 0 spiro atoms. The van der Waals surface area contributed by atoms with E-state index in [1.165, 1.54) is 13.1 Å². The summed E-state index contributed by atoms with van der Waals surface area (Å²) in [6.45, 7) is 3.70. The topological polar surface area (TPSA) is 54.3 Å². The number of rotatable bonds is 2. The average Bonchev–Trinajstić information content (AvgIpc) is 2.92. The highest BCUT2D eigenvalue weighted by atomic mass is 79.9. The quantitative estimate of drug-likeness (QED) is 0.628. The van der Waals surface area contributed by atoms with Crippen molar-refractivity contribution in [1.82, 2.24) is 14.8 Å². The van der Waals surface area contributed by atoms with Crippen LogP contribution >= 0.6 is 15.9 Å². The van der Waals surface area contributed by atoms with E-state index in [9.17, 15) is 14.0 Å². The van der Waals surface area contributed by atoms with Gasteiger partial charge in [0.25, 0.3) is 5.91 Å². The number of nitrogens with zero attached hydrogens (tertiary/aromatic N) is 2. The highest BCUT2D eigenvalue weighted by Crippen LogP contribution is 2.26. The van der Waals surface area contributed by atoms with E-state index in [2.05, 4.69) is 21.2 Å². The number of carbonyl (C=O) groups excluding carboxylic acids is 2. The Hall–Kier alpha value is -2.41. The highest BCUT2D eigenvalue weighted by Gasteiger charge is 2.30. The third-order valence-electron chi connectivity index (χ3n) is 4.00. The number of carbonyl (C=O) groups is 2. The maximum Gasteiger partial charge on any atom is 0.328 e. The molecule has 2 aromatic rings. The first kappa shape index (κ1) is 16.4. The van der Waals surface area contributed by atoms with Crippen LogP contribution in [0.5, 0.6) is 0 Å². The first-order chi connectivity index (χ1) is 11.3. The summed E-state index contributed by atoms with van der Waals surface area (Å²) >= 11 is 3.25. The van der Waals surface area contributed by atoms with Crippen molar-refractivity contribution in [3.05, 3.63) is 57.2 Å². The van der Waals surface area contributed by atoms with Crippen LogP contribution in [0.1, 0.15) is 17.0 Å². The molecule has 0 bridgehead atoms. The summed E-state index contributed by atoms with van der Waals surface area (Å²) in [6.07, 6.45) is 1.61. The predicted octanol–water partition coefficient (Wildman–Crippen LogP) is 3.52. The Morgan fingerprint density at radius 3 is 2.50 bits per heavy atom. The maximum atomic E-state index is 14.3. The predicted molar refractivity (Wildman–Crippen MR) is 92.2 cm³/mol. The zero-order chi connectivity index (χ0) is 17.6. The number of nitrogens with one attached hydrogen (secondary N) is 1. The van der Waals surface area contributed by atoms with Crippen molar-refractivity contribution >= 4 is 33.9 Å². The van der Waals surface area contributed by atoms with Gasteiger partial charge in [-0.1, -0.05) is 15.9 Å². The molecule has 0 atom stereocenters. The Morgan fingerprint density at radius 1 is 1.21 bits per heavy atom. The molecule has 0 saturated carbocycles. The fraction of sp³-hybridized carbons (Fsp3) is 0.176. The summed E-state index contributed by atoms with van der Waals surface area (Å²) in [7, 11) is 1.42. The molecule has 0 radical (unpaired) electrons. The Labute approximate surface area is 146 Å². The number of hydrogen-bond acceptors (Lipinski definition) is 2. The molecule has 1 aromatic heterocycles. The first-order valence-electron chi connectivity index (χ1n) is 7.24. The minimum atomic E-state index is -0.459. The average molecular weight is 392 g/mol. The number of benzene rings is 1. The lowest BCUT2D eigenvalue weighted by Gasteiger charge is -2.11. The Balaban J connectivity index is 2.08. The molecule has 0 aliphatic carbocycles. The second-order valence-corrected chi connectivity index (χ2v) is 6.53. The van der Waals surface area contributed by atoms with Crippen molar-refractivity contribution < 1.29 is 14.0 Å². The van der Waals surface area contributed by atoms with Crippen LogP contribution in [0.25, 0.3) is 11.8 Å². The third kappa shape index (κ3) is 2.65. The highest BCUT2D eigenvalue weighted by molar-refractivity contribution is 9.10. The molecular formula is C17H15BrFN3O2. The van der Waals surface area contributed by atoms with Crippen LogP contribution in [0.3, 0.4) is 0 Å². The number of amides is 3. The zero-order valence-corrected chi connectivity index (χ0v) is 14.9. The molecule has 5 nitrogen and oxygen atoms in total. The molecule has 3 rings (SSSR count). The lowest BCUT2D eigenvalue weighted by molar-refractivity contribution is -0.121. The van der Waals surface area contributed by atoms with E-state index in [4.69, 9.17) is 0 Å². The molecule has 0 unspecified atom stereocenters. The number of halogens is 2. The van der Waals surface area contributed by atoms with Gasteiger partial charge < -0.3 is 9.88 Å². The van der Waals surface area contributed by atoms with Gasteiger partial charge in [-0.05, 0) is 49.8 Å². The second kappa shape index (κ2) is 5.90. The lowest BCUT2D eigenvalue weighted by Crippen LogP contribution is -2.25. The molecule has 124 valence electrons. The van der Waals surface area contributed by atoms with Gasteiger partial charge in [0.15, 0.2) is 0 Å². The van der Waals surface area contributed by atoms with E-state index >= 15 is 0 Å². The van der Waals surface area contributed by atoms with Gasteiger partial charge in [-0.3, -0.25) is 9.69 Å². The van der Waals surface area contributed by atoms with Crippen molar-refractivity contribution in [2.45, 2.75) is 13.8 Å². The molecule has 2 heterocycles. The van der Waals surface area contributed by atoms with E-state index < -0.39 is 6.03 Å². The monoisotopic (exact) mass is 391 g/mol. The molecule has 1 aliphatic rings. The maximum absolute atomic E-state index is 14.3. The van der Waals surface area contributed by atoms with Crippen molar-refractivity contribution in [2.24, 2.45) is 0 Å². The molecule has 1 aromatic carbocycles. The van der Waals surface area contributed by atoms with Crippen molar-refractivity contribution in [1.29, 1.82) is 0 Å². The van der Waals surface area contributed by atoms with Gasteiger partial charge in [0, 0.05) is 22.9 Å². The Bertz CT molecular complexity index is 901. The van der Waals surface area contributed by atoms with Gasteiger partial charge in [0.1, 0.15) is 11.5 Å². The molecule has 1 aliphatic heterocycles. The SMILES string of the molecule is Cc1cc(/C=C2/NC(=O)N(C)C2=O)c(C)n1-c1ccc(Br)cc1F. The minimum Gasteiger partial charge on any atom is -0.315 e. The fourth-order valence-electron chi connectivity index (χ4n) is 2.75. The number of imide groups is 1. The smallest absolute Gasteiger partial charge is 0.315 e. The van der Waals surface area contributed by atoms with Crippen molar-refractivity contribution in [3.63, 3.8) is 0 Å². The largest absolute Gasteiger partial charge is 0.328 e. The van der Waals surface area contributed by atoms with E-state index in [-0.39, 0.29) is 17.4 Å². The molecule has 1 fully saturated rings. The number of aryl methyl sites for hydroxylation is 1. The van der Waals surface area contributed by atoms with Gasteiger partial charge >= 0.3 is 6.03 Å². The summed E-state index contributed by atoms with van der Waals surface area (Å²) in [4.78, 5) is 24.5. The second-order valence-electron chi connectivity index (χ2n) is 5.61. The van der Waals surface area contributed by atoms with Crippen molar-refractivity contribution in [3.8, 4) is 5.69 Å². The van der Waals surface area contributed by atoms with Gasteiger partial charge in [0.2, 0.25) is 0 Å². The van der Waals surface area contributed by atoms with Crippen LogP contribution in [0.4, 0.5) is 9.18 Å². The number of hydrogen-bond donors (Lipinski definition) is 1. The molecule has 7 heteroatoms. The van der Waals surface area contributed by atoms with Gasteiger partial charge in [0.05, 0.1) is 5.69 Å². The van der Waals surface area contributed by atoms with E-state index in [0.29, 0.717) is 10.2 Å². The van der Waals surface area contributed by atoms with Crippen molar-refractivity contribution in [2.75, 3.05) is 7.05 Å². The molecule has 24 heavy (non-hydrogen) atoms. The molecule has 1 saturated heterocycles. The molecule has 3 amide bonds. The Morgan fingerprint density at radius 2 is 1.92 bits per heavy atom. The van der Waals surface area contributed by atoms with Gasteiger partial charge in [-0.25, -0.2) is 9.18 Å². The van der Waals surface area contributed by atoms with Gasteiger partial charge in [-0.15, -0.1) is 0 Å². The van der Waals surface area contributed by atoms with Crippen LogP contribution in [0.15, 0.2) is 34.4 Å². The standard InChI is InChI=1S/C17H15BrFN3O2/c1-9-6-11(7-14-16(23)21(3)17(24)20-14)10(2)22(9)15-5-4-12(18)8-13(15)19/h4-8H,1-3H3,(H,20,24)/b14-7+. The van der Waals surface area contributed by atoms with Crippen LogP contribution in [-0.2, 0) is 4.79 Å². The normalized spacial score (nSPS) is 16.2. The molecule has 1 N–H and O–H groups in total. The summed E-state index contributed by atoms with van der Waals surface area (Å²) in [5.74, 6) is -0.741. The number of urea groups is 1. The van der Waals surface area contributed by atoms with E-state index in [1.807, 2.05) is 19.9 Å². The minimum absolute atomic E-state index is 0.207. The zero-order valence-electron chi connectivity index (χ0n) is 13.4. The third-order valence-corrected chi connectivity index (χ3v) is 4.50. The lowest BCUT2D eigenvalue weighted by atomic mass is 10.2. The first-order valence-corrected chi connectivity index (χ1v) is 8.04. The summed E-state index contributed by atoms with van der Waals surface area (Å²) < 4.78 is 16.7. The van der Waals surface area contributed by atoms with Crippen LogP contribution in [0, 0.1) is 19.7 Å². The van der Waals surface area contributed by atoms with Crippen LogP contribution < -0.4 is 5.32 Å².